The van der Waals surface area contributed by atoms with E-state index in [0.717, 1.165) is 0 Å². The molecule has 17 heavy (non-hydrogen) atoms. The van der Waals surface area contributed by atoms with Gasteiger partial charge in [0.25, 0.3) is 0 Å². The van der Waals surface area contributed by atoms with Crippen LogP contribution in [0.25, 0.3) is 0 Å². The molecule has 0 aromatic heterocycles. The van der Waals surface area contributed by atoms with Gasteiger partial charge in [0, 0.05) is 0 Å². The van der Waals surface area contributed by atoms with Gasteiger partial charge in [-0.05, 0) is 6.92 Å². The van der Waals surface area contributed by atoms with Gasteiger partial charge in [-0.2, -0.15) is 0 Å². The van der Waals surface area contributed by atoms with Gasteiger partial charge in [0.2, 0.25) is 0 Å². The first-order valence-electron chi connectivity index (χ1n) is 4.47. The Morgan fingerprint density at radius 1 is 0.941 bits per heavy atom. The van der Waals surface area contributed by atoms with Gasteiger partial charge in [-0.3, -0.25) is 10.9 Å². The molecule has 0 radical (unpaired) electrons. The van der Waals surface area contributed by atoms with Crippen LogP contribution in [0.3, 0.4) is 0 Å². The standard InChI is InChI=1S/C7H8.2CH5N3O/c1-7-5-3-2-4-6-7;2*2-1(5)4-3/h2-6H,1H3;2*3H2,(H3,2,4,5). The van der Waals surface area contributed by atoms with Crippen LogP contribution in [0.5, 0.6) is 0 Å². The Balaban J connectivity index is 0. The van der Waals surface area contributed by atoms with Crippen molar-refractivity contribution in [2.75, 3.05) is 0 Å². The molecule has 0 aliphatic heterocycles. The van der Waals surface area contributed by atoms with Crippen molar-refractivity contribution in [2.24, 2.45) is 23.2 Å². The summed E-state index contributed by atoms with van der Waals surface area (Å²) < 4.78 is 0. The highest BCUT2D eigenvalue weighted by Crippen LogP contribution is 1.92. The first-order chi connectivity index (χ1) is 7.93. The van der Waals surface area contributed by atoms with Crippen LogP contribution in [-0.2, 0) is 0 Å². The number of hydrogen-bond acceptors (Lipinski definition) is 4. The van der Waals surface area contributed by atoms with Crippen LogP contribution < -0.4 is 34.0 Å². The van der Waals surface area contributed by atoms with Crippen molar-refractivity contribution >= 4 is 12.1 Å². The number of aryl methyl sites for hydroxylation is 1. The van der Waals surface area contributed by atoms with Crippen molar-refractivity contribution in [1.29, 1.82) is 0 Å². The smallest absolute Gasteiger partial charge is 0.326 e. The molecule has 0 heterocycles. The molecule has 10 N–H and O–H groups in total. The van der Waals surface area contributed by atoms with Crippen molar-refractivity contribution < 1.29 is 9.59 Å². The Morgan fingerprint density at radius 2 is 1.24 bits per heavy atom. The van der Waals surface area contributed by atoms with Gasteiger partial charge >= 0.3 is 12.1 Å². The fourth-order valence-corrected chi connectivity index (χ4v) is 0.534. The molecule has 0 atom stereocenters. The monoisotopic (exact) mass is 242 g/mol. The summed E-state index contributed by atoms with van der Waals surface area (Å²) >= 11 is 0. The molecule has 4 amide bonds. The predicted molar refractivity (Wildman–Crippen MR) is 65.0 cm³/mol. The molecule has 1 rings (SSSR count). The van der Waals surface area contributed by atoms with Gasteiger partial charge in [0.1, 0.15) is 0 Å². The molecule has 0 fully saturated rings. The highest BCUT2D eigenvalue weighted by molar-refractivity contribution is 5.70. The van der Waals surface area contributed by atoms with Gasteiger partial charge in [-0.15, -0.1) is 0 Å². The molecule has 96 valence electrons. The number of hydrazine groups is 2. The number of nitrogens with one attached hydrogen (secondary N) is 2. The first kappa shape index (κ1) is 17.1. The largest absolute Gasteiger partial charge is 0.351 e. The molecular formula is C9H18N6O2. The summed E-state index contributed by atoms with van der Waals surface area (Å²) in [6.07, 6.45) is 0. The molecule has 0 saturated carbocycles. The Kier molecular flexibility index (Phi) is 11.8. The Morgan fingerprint density at radius 3 is 1.35 bits per heavy atom. The van der Waals surface area contributed by atoms with Crippen molar-refractivity contribution in [1.82, 2.24) is 10.9 Å². The van der Waals surface area contributed by atoms with E-state index in [2.05, 4.69) is 42.2 Å². The molecule has 0 unspecified atom stereocenters. The number of carbonyl (C=O) groups is 2. The van der Waals surface area contributed by atoms with Crippen molar-refractivity contribution in [2.45, 2.75) is 6.92 Å². The molecular weight excluding hydrogens is 224 g/mol. The van der Waals surface area contributed by atoms with Gasteiger partial charge in [0.05, 0.1) is 0 Å². The summed E-state index contributed by atoms with van der Waals surface area (Å²) in [7, 11) is 0. The van der Waals surface area contributed by atoms with Gasteiger partial charge in [-0.1, -0.05) is 35.9 Å². The van der Waals surface area contributed by atoms with E-state index in [9.17, 15) is 9.59 Å². The molecule has 0 spiro atoms. The van der Waals surface area contributed by atoms with Crippen LogP contribution in [0.15, 0.2) is 30.3 Å². The van der Waals surface area contributed by atoms with Crippen molar-refractivity contribution in [3.05, 3.63) is 35.9 Å². The maximum absolute atomic E-state index is 9.35. The normalized spacial score (nSPS) is 7.47. The highest BCUT2D eigenvalue weighted by atomic mass is 16.2. The van der Waals surface area contributed by atoms with E-state index >= 15 is 0 Å². The Labute approximate surface area is 99.3 Å². The fourth-order valence-electron chi connectivity index (χ4n) is 0.534. The lowest BCUT2D eigenvalue weighted by atomic mass is 10.2. The maximum Gasteiger partial charge on any atom is 0.326 e. The Bertz CT molecular complexity index is 303. The SMILES string of the molecule is Cc1ccccc1.NNC(N)=O.NNC(N)=O. The minimum atomic E-state index is -0.718. The fraction of sp³-hybridized carbons (Fsp3) is 0.111. The topological polar surface area (TPSA) is 162 Å². The van der Waals surface area contributed by atoms with E-state index in [1.165, 1.54) is 5.56 Å². The van der Waals surface area contributed by atoms with E-state index in [1.807, 2.05) is 18.2 Å². The maximum atomic E-state index is 9.35. The van der Waals surface area contributed by atoms with Crippen molar-refractivity contribution in [3.8, 4) is 0 Å². The third-order valence-electron chi connectivity index (χ3n) is 1.22. The first-order valence-corrected chi connectivity index (χ1v) is 4.47. The van der Waals surface area contributed by atoms with Gasteiger partial charge in [-0.25, -0.2) is 21.3 Å². The number of hydrogen-bond donors (Lipinski definition) is 6. The van der Waals surface area contributed by atoms with Crippen LogP contribution in [0.1, 0.15) is 5.56 Å². The minimum Gasteiger partial charge on any atom is -0.351 e. The van der Waals surface area contributed by atoms with E-state index < -0.39 is 12.1 Å². The number of rotatable bonds is 0. The second kappa shape index (κ2) is 11.8. The number of nitrogens with two attached hydrogens (primary N) is 4. The molecule has 8 heteroatoms. The summed E-state index contributed by atoms with van der Waals surface area (Å²) in [5, 5.41) is 0. The van der Waals surface area contributed by atoms with Crippen LogP contribution >= 0.6 is 0 Å². The average molecular weight is 242 g/mol. The average Bonchev–Trinajstić information content (AvgIpc) is 2.31. The number of benzene rings is 1. The van der Waals surface area contributed by atoms with E-state index in [0.29, 0.717) is 0 Å². The lowest BCUT2D eigenvalue weighted by Gasteiger charge is -1.82. The number of primary amides is 2. The third-order valence-corrected chi connectivity index (χ3v) is 1.22. The van der Waals surface area contributed by atoms with Crippen LogP contribution in [-0.4, -0.2) is 12.1 Å². The summed E-state index contributed by atoms with van der Waals surface area (Å²) in [4.78, 5) is 18.7. The molecule has 8 nitrogen and oxygen atoms in total. The zero-order valence-corrected chi connectivity index (χ0v) is 9.51. The van der Waals surface area contributed by atoms with Crippen molar-refractivity contribution in [3.63, 3.8) is 0 Å². The molecule has 0 saturated heterocycles. The number of carbonyl (C=O) groups excluding carboxylic acids is 2. The van der Waals surface area contributed by atoms with E-state index in [4.69, 9.17) is 0 Å². The quantitative estimate of drug-likeness (QED) is 0.196. The highest BCUT2D eigenvalue weighted by Gasteiger charge is 1.74. The van der Waals surface area contributed by atoms with Crippen LogP contribution in [0.4, 0.5) is 9.59 Å². The lowest BCUT2D eigenvalue weighted by molar-refractivity contribution is 0.248. The third kappa shape index (κ3) is 19.9. The molecule has 1 aromatic rings. The van der Waals surface area contributed by atoms with Crippen LogP contribution in [0, 0.1) is 6.92 Å². The summed E-state index contributed by atoms with van der Waals surface area (Å²) in [6.45, 7) is 2.08. The van der Waals surface area contributed by atoms with Gasteiger partial charge < -0.3 is 11.5 Å². The van der Waals surface area contributed by atoms with E-state index in [1.54, 1.807) is 10.9 Å². The van der Waals surface area contributed by atoms with Crippen LogP contribution in [0.2, 0.25) is 0 Å². The predicted octanol–water partition coefficient (Wildman–Crippen LogP) is -0.948. The summed E-state index contributed by atoms with van der Waals surface area (Å²) in [5.74, 6) is 8.89. The molecule has 1 aromatic carbocycles. The second-order valence-corrected chi connectivity index (χ2v) is 2.67. The number of amides is 4. The van der Waals surface area contributed by atoms with E-state index in [-0.39, 0.29) is 0 Å². The Hall–Kier alpha value is -2.32. The second-order valence-electron chi connectivity index (χ2n) is 2.67. The minimum absolute atomic E-state index is 0.718. The molecule has 0 aliphatic carbocycles. The molecule has 0 bridgehead atoms. The lowest BCUT2D eigenvalue weighted by Crippen LogP contribution is -2.34. The summed E-state index contributed by atoms with van der Waals surface area (Å²) in [5.41, 5.74) is 13.5. The zero-order chi connectivity index (χ0) is 13.7. The molecule has 0 aliphatic rings. The van der Waals surface area contributed by atoms with Gasteiger partial charge in [0.15, 0.2) is 0 Å². The zero-order valence-electron chi connectivity index (χ0n) is 9.51. The number of urea groups is 2. The summed E-state index contributed by atoms with van der Waals surface area (Å²) in [6, 6.07) is 8.83.